The van der Waals surface area contributed by atoms with Crippen molar-refractivity contribution in [1.82, 2.24) is 0 Å². The second-order valence-electron chi connectivity index (χ2n) is 4.31. The van der Waals surface area contributed by atoms with Gasteiger partial charge in [0.2, 0.25) is 0 Å². The van der Waals surface area contributed by atoms with Crippen LogP contribution in [0.15, 0.2) is 46.9 Å². The van der Waals surface area contributed by atoms with Gasteiger partial charge in [0, 0.05) is 21.3 Å². The third-order valence-electron chi connectivity index (χ3n) is 3.01. The van der Waals surface area contributed by atoms with E-state index in [1.54, 1.807) is 12.1 Å². The van der Waals surface area contributed by atoms with Crippen LogP contribution in [-0.4, -0.2) is 5.88 Å². The summed E-state index contributed by atoms with van der Waals surface area (Å²) in [5, 5.41) is 0.407. The van der Waals surface area contributed by atoms with Gasteiger partial charge in [0.15, 0.2) is 0 Å². The van der Waals surface area contributed by atoms with Crippen molar-refractivity contribution in [1.29, 1.82) is 0 Å². The fourth-order valence-corrected chi connectivity index (χ4v) is 3.05. The molecule has 0 aliphatic heterocycles. The van der Waals surface area contributed by atoms with Gasteiger partial charge in [-0.1, -0.05) is 51.8 Å². The van der Waals surface area contributed by atoms with Gasteiger partial charge in [0.1, 0.15) is 5.82 Å². The molecule has 0 aromatic heterocycles. The first-order valence-electron chi connectivity index (χ1n) is 5.86. The fraction of sp³-hybridized carbons (Fsp3) is 0.200. The lowest BCUT2D eigenvalue weighted by atomic mass is 9.93. The van der Waals surface area contributed by atoms with Crippen LogP contribution in [0.1, 0.15) is 17.0 Å². The fourth-order valence-electron chi connectivity index (χ4n) is 2.01. The first kappa shape index (κ1) is 14.8. The highest BCUT2D eigenvalue weighted by Gasteiger charge is 2.16. The standard InChI is InChI=1S/C15H12BrCl2F/c16-14-4-2-1-3-13(14)11(9-17)7-10-5-6-12(18)8-15(10)19/h1-6,8,11H,7,9H2. The zero-order chi connectivity index (χ0) is 13.8. The molecule has 0 spiro atoms. The summed E-state index contributed by atoms with van der Waals surface area (Å²) in [5.74, 6) is 0.215. The third-order valence-corrected chi connectivity index (χ3v) is 4.34. The Hall–Kier alpha value is -0.570. The average molecular weight is 362 g/mol. The van der Waals surface area contributed by atoms with Crippen molar-refractivity contribution in [2.45, 2.75) is 12.3 Å². The number of alkyl halides is 1. The zero-order valence-electron chi connectivity index (χ0n) is 10.0. The Kier molecular flexibility index (Phi) is 5.26. The van der Waals surface area contributed by atoms with Gasteiger partial charge in [-0.25, -0.2) is 4.39 Å². The van der Waals surface area contributed by atoms with Crippen molar-refractivity contribution < 1.29 is 4.39 Å². The molecule has 1 unspecified atom stereocenters. The molecule has 1 atom stereocenters. The van der Waals surface area contributed by atoms with E-state index in [0.717, 1.165) is 10.0 Å². The van der Waals surface area contributed by atoms with Crippen LogP contribution in [0.2, 0.25) is 5.02 Å². The second kappa shape index (κ2) is 6.74. The van der Waals surface area contributed by atoms with Crippen LogP contribution in [-0.2, 0) is 6.42 Å². The maximum Gasteiger partial charge on any atom is 0.127 e. The molecule has 2 aromatic rings. The molecule has 0 radical (unpaired) electrons. The Morgan fingerprint density at radius 1 is 1.16 bits per heavy atom. The van der Waals surface area contributed by atoms with E-state index in [0.29, 0.717) is 22.9 Å². The molecule has 0 heterocycles. The number of halogens is 4. The lowest BCUT2D eigenvalue weighted by molar-refractivity contribution is 0.598. The molecule has 19 heavy (non-hydrogen) atoms. The maximum absolute atomic E-state index is 13.8. The van der Waals surface area contributed by atoms with E-state index in [4.69, 9.17) is 23.2 Å². The molecule has 2 rings (SSSR count). The predicted molar refractivity (Wildman–Crippen MR) is 82.7 cm³/mol. The Labute approximate surface area is 130 Å². The average Bonchev–Trinajstić information content (AvgIpc) is 2.39. The maximum atomic E-state index is 13.8. The molecule has 0 amide bonds. The lowest BCUT2D eigenvalue weighted by Gasteiger charge is -2.16. The summed E-state index contributed by atoms with van der Waals surface area (Å²) in [6.07, 6.45) is 0.551. The van der Waals surface area contributed by atoms with Gasteiger partial charge in [-0.2, -0.15) is 0 Å². The highest BCUT2D eigenvalue weighted by molar-refractivity contribution is 9.10. The first-order valence-corrected chi connectivity index (χ1v) is 7.56. The van der Waals surface area contributed by atoms with Gasteiger partial charge in [0.25, 0.3) is 0 Å². The van der Waals surface area contributed by atoms with Gasteiger partial charge >= 0.3 is 0 Å². The van der Waals surface area contributed by atoms with E-state index >= 15 is 0 Å². The van der Waals surface area contributed by atoms with Crippen molar-refractivity contribution in [3.05, 3.63) is 68.9 Å². The van der Waals surface area contributed by atoms with Crippen molar-refractivity contribution in [3.8, 4) is 0 Å². The molecule has 0 bridgehead atoms. The van der Waals surface area contributed by atoms with E-state index < -0.39 is 0 Å². The van der Waals surface area contributed by atoms with Crippen molar-refractivity contribution >= 4 is 39.1 Å². The third kappa shape index (κ3) is 3.71. The smallest absolute Gasteiger partial charge is 0.127 e. The van der Waals surface area contributed by atoms with Gasteiger partial charge in [-0.3, -0.25) is 0 Å². The Bertz CT molecular complexity index is 572. The second-order valence-corrected chi connectivity index (χ2v) is 5.91. The van der Waals surface area contributed by atoms with Crippen molar-refractivity contribution in [3.63, 3.8) is 0 Å². The molecule has 0 saturated carbocycles. The first-order chi connectivity index (χ1) is 9.11. The van der Waals surface area contributed by atoms with E-state index in [1.165, 1.54) is 6.07 Å². The monoisotopic (exact) mass is 360 g/mol. The highest BCUT2D eigenvalue weighted by atomic mass is 79.9. The normalized spacial score (nSPS) is 12.4. The Morgan fingerprint density at radius 2 is 1.89 bits per heavy atom. The quantitative estimate of drug-likeness (QED) is 0.603. The molecule has 100 valence electrons. The molecular formula is C15H12BrCl2F. The molecule has 0 N–H and O–H groups in total. The van der Waals surface area contributed by atoms with E-state index in [-0.39, 0.29) is 11.7 Å². The molecule has 0 aliphatic carbocycles. The van der Waals surface area contributed by atoms with Crippen LogP contribution in [0.3, 0.4) is 0 Å². The number of rotatable bonds is 4. The van der Waals surface area contributed by atoms with Crippen LogP contribution in [0, 0.1) is 5.82 Å². The summed E-state index contributed by atoms with van der Waals surface area (Å²) >= 11 is 15.3. The van der Waals surface area contributed by atoms with Crippen molar-refractivity contribution in [2.75, 3.05) is 5.88 Å². The summed E-state index contributed by atoms with van der Waals surface area (Å²) in [7, 11) is 0. The molecule has 2 aromatic carbocycles. The lowest BCUT2D eigenvalue weighted by Crippen LogP contribution is -2.07. The molecule has 0 saturated heterocycles. The Balaban J connectivity index is 2.27. The SMILES string of the molecule is Fc1cc(Cl)ccc1CC(CCl)c1ccccc1Br. The topological polar surface area (TPSA) is 0 Å². The number of hydrogen-bond acceptors (Lipinski definition) is 0. The number of benzene rings is 2. The largest absolute Gasteiger partial charge is 0.207 e. The van der Waals surface area contributed by atoms with E-state index in [2.05, 4.69) is 15.9 Å². The van der Waals surface area contributed by atoms with Crippen LogP contribution in [0.4, 0.5) is 4.39 Å². The molecule has 4 heteroatoms. The summed E-state index contributed by atoms with van der Waals surface area (Å²) in [6.45, 7) is 0. The predicted octanol–water partition coefficient (Wildman–Crippen LogP) is 5.81. The van der Waals surface area contributed by atoms with Crippen LogP contribution >= 0.6 is 39.1 Å². The molecular weight excluding hydrogens is 350 g/mol. The summed E-state index contributed by atoms with van der Waals surface area (Å²) < 4.78 is 14.8. The summed E-state index contributed by atoms with van der Waals surface area (Å²) in [5.41, 5.74) is 1.72. The minimum Gasteiger partial charge on any atom is -0.207 e. The van der Waals surface area contributed by atoms with E-state index in [9.17, 15) is 4.39 Å². The minimum atomic E-state index is -0.283. The van der Waals surface area contributed by atoms with Gasteiger partial charge in [-0.05, 0) is 35.7 Å². The summed E-state index contributed by atoms with van der Waals surface area (Å²) in [6, 6.07) is 12.6. The summed E-state index contributed by atoms with van der Waals surface area (Å²) in [4.78, 5) is 0. The number of hydrogen-bond donors (Lipinski definition) is 0. The Morgan fingerprint density at radius 3 is 2.53 bits per heavy atom. The van der Waals surface area contributed by atoms with Gasteiger partial charge < -0.3 is 0 Å². The minimum absolute atomic E-state index is 0.0629. The highest BCUT2D eigenvalue weighted by Crippen LogP contribution is 2.30. The van der Waals surface area contributed by atoms with E-state index in [1.807, 2.05) is 24.3 Å². The van der Waals surface area contributed by atoms with Crippen LogP contribution < -0.4 is 0 Å². The van der Waals surface area contributed by atoms with Gasteiger partial charge in [-0.15, -0.1) is 11.6 Å². The van der Waals surface area contributed by atoms with Gasteiger partial charge in [0.05, 0.1) is 0 Å². The van der Waals surface area contributed by atoms with Crippen LogP contribution in [0.5, 0.6) is 0 Å². The molecule has 0 fully saturated rings. The molecule has 0 aliphatic rings. The van der Waals surface area contributed by atoms with Crippen molar-refractivity contribution in [2.24, 2.45) is 0 Å². The molecule has 0 nitrogen and oxygen atoms in total. The zero-order valence-corrected chi connectivity index (χ0v) is 13.1. The van der Waals surface area contributed by atoms with Crippen LogP contribution in [0.25, 0.3) is 0 Å².